The van der Waals surface area contributed by atoms with Crippen LogP contribution in [0.3, 0.4) is 0 Å². The van der Waals surface area contributed by atoms with Crippen molar-refractivity contribution in [3.8, 4) is 5.75 Å². The van der Waals surface area contributed by atoms with Gasteiger partial charge in [-0.05, 0) is 49.0 Å². The topological polar surface area (TPSA) is 47.6 Å². The van der Waals surface area contributed by atoms with Crippen molar-refractivity contribution in [3.63, 3.8) is 0 Å². The molecule has 2 aliphatic heterocycles. The van der Waals surface area contributed by atoms with Crippen LogP contribution in [0.2, 0.25) is 0 Å². The first-order valence-corrected chi connectivity index (χ1v) is 10.0. The fraction of sp³-hybridized carbons (Fsp3) is 0.632. The van der Waals surface area contributed by atoms with Crippen LogP contribution in [0.4, 0.5) is 0 Å². The predicted molar refractivity (Wildman–Crippen MR) is 95.6 cm³/mol. The second-order valence-corrected chi connectivity index (χ2v) is 8.33. The van der Waals surface area contributed by atoms with Gasteiger partial charge in [-0.3, -0.25) is 4.79 Å². The van der Waals surface area contributed by atoms with Gasteiger partial charge in [0.15, 0.2) is 0 Å². The lowest BCUT2D eigenvalue weighted by molar-refractivity contribution is -0.125. The van der Waals surface area contributed by atoms with E-state index in [1.165, 1.54) is 5.75 Å². The summed E-state index contributed by atoms with van der Waals surface area (Å²) in [5.74, 6) is 3.76. The summed E-state index contributed by atoms with van der Waals surface area (Å²) in [6, 6.07) is 8.31. The average molecular weight is 347 g/mol. The van der Waals surface area contributed by atoms with Gasteiger partial charge in [0.25, 0.3) is 0 Å². The highest BCUT2D eigenvalue weighted by atomic mass is 32.2. The first-order valence-electron chi connectivity index (χ1n) is 8.86. The maximum Gasteiger partial charge on any atom is 0.223 e. The summed E-state index contributed by atoms with van der Waals surface area (Å²) in [4.78, 5) is 12.7. The van der Waals surface area contributed by atoms with Crippen molar-refractivity contribution in [1.29, 1.82) is 0 Å². The number of hydrogen-bond donors (Lipinski definition) is 1. The summed E-state index contributed by atoms with van der Waals surface area (Å²) in [5, 5.41) is 3.30. The van der Waals surface area contributed by atoms with Crippen molar-refractivity contribution in [2.45, 2.75) is 43.2 Å². The van der Waals surface area contributed by atoms with Crippen molar-refractivity contribution in [3.05, 3.63) is 29.8 Å². The molecule has 1 aromatic carbocycles. The van der Waals surface area contributed by atoms with Crippen LogP contribution >= 0.6 is 11.8 Å². The number of carbonyl (C=O) groups is 1. The molecule has 1 aromatic rings. The minimum absolute atomic E-state index is 0.0203. The van der Waals surface area contributed by atoms with E-state index < -0.39 is 0 Å². The van der Waals surface area contributed by atoms with Crippen molar-refractivity contribution in [2.75, 3.05) is 25.2 Å². The lowest BCUT2D eigenvalue weighted by atomic mass is 9.89. The van der Waals surface area contributed by atoms with Crippen LogP contribution in [0.25, 0.3) is 0 Å². The third kappa shape index (κ3) is 3.16. The third-order valence-electron chi connectivity index (χ3n) is 5.57. The fourth-order valence-corrected chi connectivity index (χ4v) is 5.50. The van der Waals surface area contributed by atoms with Crippen LogP contribution in [-0.2, 0) is 9.53 Å². The molecule has 5 heteroatoms. The SMILES string of the molecule is COc1ccccc1[C@@H]1C[C@H]1C(=O)N[C@@H]1CCO[C@@]2(CCSC2)C1. The number of ether oxygens (including phenoxy) is 2. The zero-order chi connectivity index (χ0) is 16.6. The molecule has 3 aliphatic rings. The minimum Gasteiger partial charge on any atom is -0.496 e. The Hall–Kier alpha value is -1.20. The molecule has 4 atom stereocenters. The van der Waals surface area contributed by atoms with Gasteiger partial charge >= 0.3 is 0 Å². The quantitative estimate of drug-likeness (QED) is 0.910. The van der Waals surface area contributed by atoms with Gasteiger partial charge in [0, 0.05) is 24.3 Å². The second kappa shape index (κ2) is 6.60. The summed E-state index contributed by atoms with van der Waals surface area (Å²) in [5.41, 5.74) is 1.18. The second-order valence-electron chi connectivity index (χ2n) is 7.22. The molecule has 0 unspecified atom stereocenters. The first-order chi connectivity index (χ1) is 11.7. The molecule has 1 aliphatic carbocycles. The van der Waals surface area contributed by atoms with E-state index in [0.29, 0.717) is 5.92 Å². The third-order valence-corrected chi connectivity index (χ3v) is 6.80. The Labute approximate surface area is 147 Å². The molecule has 1 N–H and O–H groups in total. The van der Waals surface area contributed by atoms with E-state index in [1.807, 2.05) is 30.0 Å². The van der Waals surface area contributed by atoms with Crippen LogP contribution < -0.4 is 10.1 Å². The number of para-hydroxylation sites is 1. The largest absolute Gasteiger partial charge is 0.496 e. The monoisotopic (exact) mass is 347 g/mol. The van der Waals surface area contributed by atoms with Gasteiger partial charge in [0.1, 0.15) is 5.75 Å². The standard InChI is InChI=1S/C19H25NO3S/c1-22-17-5-3-2-4-14(17)15-10-16(15)18(21)20-13-6-8-23-19(11-13)7-9-24-12-19/h2-5,13,15-16H,6-12H2,1H3,(H,20,21)/t13-,15+,16-,19+/m1/s1. The van der Waals surface area contributed by atoms with Gasteiger partial charge in [-0.1, -0.05) is 18.2 Å². The molecule has 0 aromatic heterocycles. The molecule has 0 radical (unpaired) electrons. The van der Waals surface area contributed by atoms with Gasteiger partial charge in [-0.25, -0.2) is 0 Å². The van der Waals surface area contributed by atoms with Crippen molar-refractivity contribution >= 4 is 17.7 Å². The number of amides is 1. The van der Waals surface area contributed by atoms with E-state index in [4.69, 9.17) is 9.47 Å². The Kier molecular flexibility index (Phi) is 4.48. The lowest BCUT2D eigenvalue weighted by Crippen LogP contribution is -2.49. The summed E-state index contributed by atoms with van der Waals surface area (Å²) >= 11 is 1.97. The van der Waals surface area contributed by atoms with Gasteiger partial charge in [-0.2, -0.15) is 11.8 Å². The lowest BCUT2D eigenvalue weighted by Gasteiger charge is -2.38. The van der Waals surface area contributed by atoms with Crippen molar-refractivity contribution in [2.24, 2.45) is 5.92 Å². The molecule has 1 amide bonds. The van der Waals surface area contributed by atoms with Crippen molar-refractivity contribution in [1.82, 2.24) is 5.32 Å². The van der Waals surface area contributed by atoms with Crippen LogP contribution in [0.15, 0.2) is 24.3 Å². The summed E-state index contributed by atoms with van der Waals surface area (Å²) in [7, 11) is 1.69. The van der Waals surface area contributed by atoms with Gasteiger partial charge < -0.3 is 14.8 Å². The van der Waals surface area contributed by atoms with Gasteiger partial charge in [0.2, 0.25) is 5.91 Å². The smallest absolute Gasteiger partial charge is 0.223 e. The number of carbonyl (C=O) groups excluding carboxylic acids is 1. The molecular formula is C19H25NO3S. The number of hydrogen-bond acceptors (Lipinski definition) is 4. The Morgan fingerprint density at radius 2 is 2.29 bits per heavy atom. The van der Waals surface area contributed by atoms with E-state index in [9.17, 15) is 4.79 Å². The van der Waals surface area contributed by atoms with Crippen LogP contribution in [0.1, 0.15) is 37.2 Å². The molecule has 4 rings (SSSR count). The molecule has 1 spiro atoms. The van der Waals surface area contributed by atoms with Gasteiger partial charge in [-0.15, -0.1) is 0 Å². The van der Waals surface area contributed by atoms with E-state index >= 15 is 0 Å². The minimum atomic E-state index is 0.0203. The maximum absolute atomic E-state index is 12.7. The highest BCUT2D eigenvalue weighted by Crippen LogP contribution is 2.50. The van der Waals surface area contributed by atoms with E-state index in [-0.39, 0.29) is 23.5 Å². The molecular weight excluding hydrogens is 322 g/mol. The molecule has 2 heterocycles. The Morgan fingerprint density at radius 3 is 3.08 bits per heavy atom. The van der Waals surface area contributed by atoms with Crippen LogP contribution in [0.5, 0.6) is 5.75 Å². The Morgan fingerprint density at radius 1 is 1.42 bits per heavy atom. The van der Waals surface area contributed by atoms with E-state index in [0.717, 1.165) is 49.4 Å². The number of methoxy groups -OCH3 is 1. The van der Waals surface area contributed by atoms with Crippen LogP contribution in [0, 0.1) is 5.92 Å². The molecule has 1 saturated carbocycles. The predicted octanol–water partition coefficient (Wildman–Crippen LogP) is 2.97. The van der Waals surface area contributed by atoms with Gasteiger partial charge in [0.05, 0.1) is 12.7 Å². The molecule has 4 nitrogen and oxygen atoms in total. The zero-order valence-corrected chi connectivity index (χ0v) is 14.9. The number of rotatable bonds is 4. The average Bonchev–Trinajstić information content (AvgIpc) is 3.29. The highest BCUT2D eigenvalue weighted by molar-refractivity contribution is 7.99. The Bertz CT molecular complexity index is 614. The number of benzene rings is 1. The molecule has 24 heavy (non-hydrogen) atoms. The van der Waals surface area contributed by atoms with Crippen LogP contribution in [-0.4, -0.2) is 42.8 Å². The van der Waals surface area contributed by atoms with E-state index in [2.05, 4.69) is 11.4 Å². The fourth-order valence-electron chi connectivity index (χ4n) is 4.12. The maximum atomic E-state index is 12.7. The number of thioether (sulfide) groups is 1. The normalized spacial score (nSPS) is 35.0. The molecule has 130 valence electrons. The summed E-state index contributed by atoms with van der Waals surface area (Å²) < 4.78 is 11.5. The first kappa shape index (κ1) is 16.3. The zero-order valence-electron chi connectivity index (χ0n) is 14.1. The summed E-state index contributed by atoms with van der Waals surface area (Å²) in [6.07, 6.45) is 3.95. The number of nitrogens with one attached hydrogen (secondary N) is 1. The van der Waals surface area contributed by atoms with E-state index in [1.54, 1.807) is 7.11 Å². The molecule has 3 fully saturated rings. The molecule has 0 bridgehead atoms. The Balaban J connectivity index is 1.36. The summed E-state index contributed by atoms with van der Waals surface area (Å²) in [6.45, 7) is 0.770. The molecule has 2 saturated heterocycles. The van der Waals surface area contributed by atoms with Crippen molar-refractivity contribution < 1.29 is 14.3 Å². The highest BCUT2D eigenvalue weighted by Gasteiger charge is 2.47.